The Morgan fingerprint density at radius 2 is 1.77 bits per heavy atom. The number of carbonyl (C=O) groups excluding carboxylic acids is 2. The van der Waals surface area contributed by atoms with Gasteiger partial charge in [-0.3, -0.25) is 20.4 Å². The van der Waals surface area contributed by atoms with Gasteiger partial charge in [0.25, 0.3) is 11.8 Å². The fourth-order valence-corrected chi connectivity index (χ4v) is 1.96. The normalized spacial score (nSPS) is 10.4. The van der Waals surface area contributed by atoms with Gasteiger partial charge in [-0.15, -0.1) is 0 Å². The van der Waals surface area contributed by atoms with E-state index in [1.807, 2.05) is 25.1 Å². The number of hydrazine groups is 1. The fourth-order valence-electron chi connectivity index (χ4n) is 1.96. The lowest BCUT2D eigenvalue weighted by Gasteiger charge is -2.08. The van der Waals surface area contributed by atoms with E-state index in [1.54, 1.807) is 12.1 Å². The molecule has 0 radical (unpaired) electrons. The Kier molecular flexibility index (Phi) is 7.17. The quantitative estimate of drug-likeness (QED) is 0.589. The first kappa shape index (κ1) is 19.0. The van der Waals surface area contributed by atoms with Crippen molar-refractivity contribution in [3.8, 4) is 11.5 Å². The summed E-state index contributed by atoms with van der Waals surface area (Å²) in [6, 6.07) is 12.5. The summed E-state index contributed by atoms with van der Waals surface area (Å²) >= 11 is 0. The molecule has 0 heterocycles. The van der Waals surface area contributed by atoms with Crippen molar-refractivity contribution >= 4 is 17.9 Å². The molecule has 26 heavy (non-hydrogen) atoms. The van der Waals surface area contributed by atoms with Gasteiger partial charge in [0.1, 0.15) is 17.3 Å². The largest absolute Gasteiger partial charge is 0.493 e. The van der Waals surface area contributed by atoms with Crippen molar-refractivity contribution in [3.63, 3.8) is 0 Å². The van der Waals surface area contributed by atoms with E-state index in [9.17, 15) is 14.0 Å². The Morgan fingerprint density at radius 3 is 2.50 bits per heavy atom. The van der Waals surface area contributed by atoms with Crippen molar-refractivity contribution in [1.29, 1.82) is 0 Å². The predicted octanol–water partition coefficient (Wildman–Crippen LogP) is 2.46. The van der Waals surface area contributed by atoms with Gasteiger partial charge in [-0.1, -0.05) is 18.2 Å². The van der Waals surface area contributed by atoms with Crippen molar-refractivity contribution in [3.05, 3.63) is 66.0 Å². The number of benzene rings is 2. The minimum atomic E-state index is -0.550. The highest BCUT2D eigenvalue weighted by Crippen LogP contribution is 2.19. The average molecular weight is 358 g/mol. The number of hydrogen-bond acceptors (Lipinski definition) is 4. The standard InChI is InChI=1S/C19H19FN2O4/c1-2-25-17-6-4-3-5-14(17)7-12-18(23)21-22-19(24)13-26-16-10-8-15(20)9-11-16/h3-12H,2,13H2,1H3,(H,21,23)(H,22,24)/b12-7+. The zero-order valence-electron chi connectivity index (χ0n) is 14.2. The average Bonchev–Trinajstić information content (AvgIpc) is 2.65. The van der Waals surface area contributed by atoms with Gasteiger partial charge in [0.15, 0.2) is 6.61 Å². The number of hydrogen-bond donors (Lipinski definition) is 2. The molecule has 0 saturated heterocycles. The van der Waals surface area contributed by atoms with Crippen LogP contribution < -0.4 is 20.3 Å². The molecule has 7 heteroatoms. The molecule has 136 valence electrons. The predicted molar refractivity (Wildman–Crippen MR) is 94.8 cm³/mol. The van der Waals surface area contributed by atoms with Gasteiger partial charge in [-0.2, -0.15) is 0 Å². The van der Waals surface area contributed by atoms with E-state index in [4.69, 9.17) is 9.47 Å². The molecule has 0 aliphatic rings. The lowest BCUT2D eigenvalue weighted by Crippen LogP contribution is -2.43. The molecule has 0 aliphatic carbocycles. The Bertz CT molecular complexity index is 775. The second-order valence-corrected chi connectivity index (χ2v) is 5.08. The van der Waals surface area contributed by atoms with Crippen LogP contribution in [0.3, 0.4) is 0 Å². The molecule has 0 fully saturated rings. The maximum atomic E-state index is 12.8. The number of amides is 2. The van der Waals surface area contributed by atoms with Gasteiger partial charge >= 0.3 is 0 Å². The maximum absolute atomic E-state index is 12.8. The Labute approximate surface area is 150 Å². The monoisotopic (exact) mass is 358 g/mol. The molecule has 0 bridgehead atoms. The molecule has 6 nitrogen and oxygen atoms in total. The summed E-state index contributed by atoms with van der Waals surface area (Å²) in [4.78, 5) is 23.4. The van der Waals surface area contributed by atoms with E-state index < -0.39 is 17.6 Å². The first-order valence-electron chi connectivity index (χ1n) is 7.95. The van der Waals surface area contributed by atoms with Gasteiger partial charge in [-0.25, -0.2) is 4.39 Å². The number of halogens is 1. The van der Waals surface area contributed by atoms with Crippen molar-refractivity contribution in [2.24, 2.45) is 0 Å². The molecule has 2 N–H and O–H groups in total. The summed E-state index contributed by atoms with van der Waals surface area (Å²) in [6.07, 6.45) is 2.86. The van der Waals surface area contributed by atoms with Gasteiger partial charge < -0.3 is 9.47 Å². The summed E-state index contributed by atoms with van der Waals surface area (Å²) in [7, 11) is 0. The molecule has 0 unspecified atom stereocenters. The zero-order chi connectivity index (χ0) is 18.8. The molecular weight excluding hydrogens is 339 g/mol. The SMILES string of the molecule is CCOc1ccccc1/C=C/C(=O)NNC(=O)COc1ccc(F)cc1. The van der Waals surface area contributed by atoms with Crippen molar-refractivity contribution in [1.82, 2.24) is 10.9 Å². The summed E-state index contributed by atoms with van der Waals surface area (Å²) in [5.74, 6) is -0.444. The zero-order valence-corrected chi connectivity index (χ0v) is 14.2. The molecule has 0 aromatic heterocycles. The van der Waals surface area contributed by atoms with Crippen LogP contribution in [0.25, 0.3) is 6.08 Å². The van der Waals surface area contributed by atoms with Gasteiger partial charge in [0, 0.05) is 11.6 Å². The van der Waals surface area contributed by atoms with E-state index in [0.29, 0.717) is 18.1 Å². The number of carbonyl (C=O) groups is 2. The maximum Gasteiger partial charge on any atom is 0.276 e. The summed E-state index contributed by atoms with van der Waals surface area (Å²) < 4.78 is 23.4. The molecular formula is C19H19FN2O4. The molecule has 0 saturated carbocycles. The Balaban J connectivity index is 1.77. The van der Waals surface area contributed by atoms with Gasteiger partial charge in [0.05, 0.1) is 6.61 Å². The van der Waals surface area contributed by atoms with Crippen LogP contribution >= 0.6 is 0 Å². The van der Waals surface area contributed by atoms with Crippen molar-refractivity contribution in [2.75, 3.05) is 13.2 Å². The topological polar surface area (TPSA) is 76.7 Å². The van der Waals surface area contributed by atoms with Crippen LogP contribution in [0.1, 0.15) is 12.5 Å². The van der Waals surface area contributed by atoms with Gasteiger partial charge in [-0.05, 0) is 43.3 Å². The molecule has 0 spiro atoms. The molecule has 2 rings (SSSR count). The number of nitrogens with one attached hydrogen (secondary N) is 2. The molecule has 2 aromatic carbocycles. The van der Waals surface area contributed by atoms with E-state index in [-0.39, 0.29) is 6.61 Å². The van der Waals surface area contributed by atoms with Crippen molar-refractivity contribution in [2.45, 2.75) is 6.92 Å². The van der Waals surface area contributed by atoms with Crippen LogP contribution in [-0.4, -0.2) is 25.0 Å². The smallest absolute Gasteiger partial charge is 0.276 e. The van der Waals surface area contributed by atoms with Gasteiger partial charge in [0.2, 0.25) is 0 Å². The number of ether oxygens (including phenoxy) is 2. The van der Waals surface area contributed by atoms with Crippen LogP contribution in [0, 0.1) is 5.82 Å². The lowest BCUT2D eigenvalue weighted by atomic mass is 10.2. The highest BCUT2D eigenvalue weighted by molar-refractivity contribution is 5.93. The molecule has 2 amide bonds. The lowest BCUT2D eigenvalue weighted by molar-refractivity contribution is -0.128. The first-order chi connectivity index (χ1) is 12.6. The van der Waals surface area contributed by atoms with E-state index in [0.717, 1.165) is 5.56 Å². The van der Waals surface area contributed by atoms with E-state index >= 15 is 0 Å². The van der Waals surface area contributed by atoms with Crippen molar-refractivity contribution < 1.29 is 23.5 Å². The minimum Gasteiger partial charge on any atom is -0.493 e. The second kappa shape index (κ2) is 9.83. The fraction of sp³-hybridized carbons (Fsp3) is 0.158. The van der Waals surface area contributed by atoms with Crippen LogP contribution in [0.4, 0.5) is 4.39 Å². The summed E-state index contributed by atoms with van der Waals surface area (Å²) in [5, 5.41) is 0. The van der Waals surface area contributed by atoms with Crippen LogP contribution in [0.2, 0.25) is 0 Å². The van der Waals surface area contributed by atoms with Crippen LogP contribution in [0.5, 0.6) is 11.5 Å². The molecule has 0 aliphatic heterocycles. The Hall–Kier alpha value is -3.35. The minimum absolute atomic E-state index is 0.317. The Morgan fingerprint density at radius 1 is 1.04 bits per heavy atom. The highest BCUT2D eigenvalue weighted by Gasteiger charge is 2.05. The summed E-state index contributed by atoms with van der Waals surface area (Å²) in [6.45, 7) is 2.07. The number of rotatable bonds is 7. The summed E-state index contributed by atoms with van der Waals surface area (Å²) in [5.41, 5.74) is 5.21. The second-order valence-electron chi connectivity index (χ2n) is 5.08. The van der Waals surface area contributed by atoms with Crippen LogP contribution in [0.15, 0.2) is 54.6 Å². The molecule has 0 atom stereocenters. The highest BCUT2D eigenvalue weighted by atomic mass is 19.1. The first-order valence-corrected chi connectivity index (χ1v) is 7.95. The molecule has 2 aromatic rings. The van der Waals surface area contributed by atoms with Crippen LogP contribution in [-0.2, 0) is 9.59 Å². The van der Waals surface area contributed by atoms with E-state index in [1.165, 1.54) is 30.3 Å². The number of para-hydroxylation sites is 1. The third-order valence-electron chi connectivity index (χ3n) is 3.14. The van der Waals surface area contributed by atoms with E-state index in [2.05, 4.69) is 10.9 Å². The third kappa shape index (κ3) is 6.27. The third-order valence-corrected chi connectivity index (χ3v) is 3.14.